The number of carbonyl (C=O) groups is 1. The van der Waals surface area contributed by atoms with E-state index in [0.29, 0.717) is 10.8 Å². The lowest BCUT2D eigenvalue weighted by molar-refractivity contribution is -0.0433. The van der Waals surface area contributed by atoms with Crippen molar-refractivity contribution in [2.24, 2.45) is 0 Å². The van der Waals surface area contributed by atoms with Crippen LogP contribution in [0.25, 0.3) is 0 Å². The number of rotatable bonds is 4. The van der Waals surface area contributed by atoms with Crippen LogP contribution in [0.5, 0.6) is 0 Å². The maximum absolute atomic E-state index is 10.9. The minimum atomic E-state index is -0.0744. The fourth-order valence-electron chi connectivity index (χ4n) is 0.741. The molecule has 0 bridgehead atoms. The zero-order valence-corrected chi connectivity index (χ0v) is 8.42. The molecule has 1 aromatic rings. The Kier molecular flexibility index (Phi) is 3.35. The van der Waals surface area contributed by atoms with Crippen molar-refractivity contribution < 1.29 is 14.5 Å². The van der Waals surface area contributed by atoms with Crippen molar-refractivity contribution in [3.63, 3.8) is 0 Å². The molecular weight excluding hydrogens is 192 g/mol. The molecule has 0 unspecified atom stereocenters. The predicted octanol–water partition coefficient (Wildman–Crippen LogP) is 1.27. The first-order valence-corrected chi connectivity index (χ1v) is 4.41. The van der Waals surface area contributed by atoms with Gasteiger partial charge >= 0.3 is 0 Å². The van der Waals surface area contributed by atoms with Crippen molar-refractivity contribution in [1.29, 1.82) is 0 Å². The van der Waals surface area contributed by atoms with Gasteiger partial charge in [0, 0.05) is 12.3 Å². The van der Waals surface area contributed by atoms with Crippen LogP contribution in [0.4, 0.5) is 5.13 Å². The molecule has 0 aromatic carbocycles. The number of ketones is 1. The molecule has 0 fully saturated rings. The normalized spacial score (nSPS) is 10.1. The van der Waals surface area contributed by atoms with E-state index in [9.17, 15) is 4.79 Å². The Labute approximate surface area is 79.8 Å². The number of nitrogens with zero attached hydrogens (tertiary/aromatic N) is 2. The molecule has 0 aliphatic rings. The van der Waals surface area contributed by atoms with Crippen LogP contribution < -0.4 is 5.23 Å². The SMILES string of the molecule is CON(OC)c1nc(C(C)=O)cs1. The Hall–Kier alpha value is -0.980. The molecule has 0 spiro atoms. The van der Waals surface area contributed by atoms with Gasteiger partial charge in [-0.3, -0.25) is 4.79 Å². The van der Waals surface area contributed by atoms with Crippen LogP contribution >= 0.6 is 11.3 Å². The molecule has 0 amide bonds. The highest BCUT2D eigenvalue weighted by molar-refractivity contribution is 7.13. The summed E-state index contributed by atoms with van der Waals surface area (Å²) in [4.78, 5) is 24.6. The minimum absolute atomic E-state index is 0.0744. The number of hydrogen-bond acceptors (Lipinski definition) is 6. The van der Waals surface area contributed by atoms with Crippen LogP contribution in [-0.2, 0) is 9.68 Å². The number of carbonyl (C=O) groups excluding carboxylic acids is 1. The summed E-state index contributed by atoms with van der Waals surface area (Å²) in [5.74, 6) is -0.0744. The highest BCUT2D eigenvalue weighted by atomic mass is 32.1. The van der Waals surface area contributed by atoms with Crippen LogP contribution in [0.2, 0.25) is 0 Å². The quantitative estimate of drug-likeness (QED) is 0.543. The fourth-order valence-corrected chi connectivity index (χ4v) is 1.56. The molecule has 1 heterocycles. The molecule has 0 N–H and O–H groups in total. The largest absolute Gasteiger partial charge is 0.293 e. The lowest BCUT2D eigenvalue weighted by atomic mass is 10.4. The molecule has 0 atom stereocenters. The fraction of sp³-hybridized carbons (Fsp3) is 0.429. The van der Waals surface area contributed by atoms with E-state index in [-0.39, 0.29) is 5.78 Å². The number of anilines is 1. The smallest absolute Gasteiger partial charge is 0.239 e. The minimum Gasteiger partial charge on any atom is -0.293 e. The molecule has 0 saturated carbocycles. The van der Waals surface area contributed by atoms with Crippen LogP contribution in [0.1, 0.15) is 17.4 Å². The van der Waals surface area contributed by atoms with Crippen LogP contribution in [-0.4, -0.2) is 25.0 Å². The van der Waals surface area contributed by atoms with E-state index >= 15 is 0 Å². The zero-order chi connectivity index (χ0) is 9.84. The van der Waals surface area contributed by atoms with E-state index < -0.39 is 0 Å². The first kappa shape index (κ1) is 10.1. The maximum Gasteiger partial charge on any atom is 0.239 e. The van der Waals surface area contributed by atoms with Crippen LogP contribution in [0.15, 0.2) is 5.38 Å². The highest BCUT2D eigenvalue weighted by Gasteiger charge is 2.12. The Morgan fingerprint density at radius 2 is 2.15 bits per heavy atom. The molecule has 13 heavy (non-hydrogen) atoms. The summed E-state index contributed by atoms with van der Waals surface area (Å²) in [6.45, 7) is 1.46. The standard InChI is InChI=1S/C7H10N2O3S/c1-5(10)6-4-13-7(8-6)9(11-2)12-3/h4H,1-3H3. The molecule has 0 radical (unpaired) electrons. The summed E-state index contributed by atoms with van der Waals surface area (Å²) in [6.07, 6.45) is 0. The molecule has 1 rings (SSSR count). The Morgan fingerprint density at radius 1 is 1.54 bits per heavy atom. The molecule has 0 aliphatic carbocycles. The Bertz CT molecular complexity index is 296. The average molecular weight is 202 g/mol. The average Bonchev–Trinajstić information content (AvgIpc) is 2.56. The van der Waals surface area contributed by atoms with Gasteiger partial charge in [-0.25, -0.2) is 14.7 Å². The molecular formula is C7H10N2O3S. The molecule has 0 saturated heterocycles. The summed E-state index contributed by atoms with van der Waals surface area (Å²) >= 11 is 1.28. The Balaban J connectivity index is 2.84. The lowest BCUT2D eigenvalue weighted by Crippen LogP contribution is -2.19. The van der Waals surface area contributed by atoms with Gasteiger partial charge in [0.05, 0.1) is 14.2 Å². The van der Waals surface area contributed by atoms with Crippen molar-refractivity contribution in [2.75, 3.05) is 19.4 Å². The molecule has 5 nitrogen and oxygen atoms in total. The Morgan fingerprint density at radius 3 is 2.54 bits per heavy atom. The zero-order valence-electron chi connectivity index (χ0n) is 7.60. The topological polar surface area (TPSA) is 51.7 Å². The predicted molar refractivity (Wildman–Crippen MR) is 48.6 cm³/mol. The third-order valence-corrected chi connectivity index (χ3v) is 2.13. The summed E-state index contributed by atoms with van der Waals surface area (Å²) < 4.78 is 0. The summed E-state index contributed by atoms with van der Waals surface area (Å²) in [5, 5.41) is 3.29. The third-order valence-electron chi connectivity index (χ3n) is 1.34. The van der Waals surface area contributed by atoms with Crippen molar-refractivity contribution in [3.05, 3.63) is 11.1 Å². The second kappa shape index (κ2) is 4.31. The van der Waals surface area contributed by atoms with Crippen molar-refractivity contribution in [1.82, 2.24) is 4.98 Å². The van der Waals surface area contributed by atoms with E-state index in [1.807, 2.05) is 0 Å². The van der Waals surface area contributed by atoms with Gasteiger partial charge in [-0.1, -0.05) is 5.23 Å². The summed E-state index contributed by atoms with van der Waals surface area (Å²) in [5.41, 5.74) is 0.416. The van der Waals surface area contributed by atoms with Gasteiger partial charge in [0.25, 0.3) is 0 Å². The first-order chi connectivity index (χ1) is 6.19. The summed E-state index contributed by atoms with van der Waals surface area (Å²) in [6, 6.07) is 0. The van der Waals surface area contributed by atoms with E-state index in [1.165, 1.54) is 32.5 Å². The second-order valence-electron chi connectivity index (χ2n) is 2.19. The maximum atomic E-state index is 10.9. The number of Topliss-reactive ketones (excluding diaryl/α,β-unsaturated/α-hetero) is 1. The number of hydrogen-bond donors (Lipinski definition) is 0. The van der Waals surface area contributed by atoms with Gasteiger partial charge < -0.3 is 0 Å². The van der Waals surface area contributed by atoms with E-state index in [2.05, 4.69) is 4.98 Å². The van der Waals surface area contributed by atoms with E-state index in [4.69, 9.17) is 9.68 Å². The van der Waals surface area contributed by atoms with Gasteiger partial charge in [0.15, 0.2) is 5.78 Å². The van der Waals surface area contributed by atoms with Gasteiger partial charge in [-0.15, -0.1) is 11.3 Å². The molecule has 0 aliphatic heterocycles. The second-order valence-corrected chi connectivity index (χ2v) is 3.03. The first-order valence-electron chi connectivity index (χ1n) is 3.54. The molecule has 72 valence electrons. The molecule has 1 aromatic heterocycles. The van der Waals surface area contributed by atoms with Crippen molar-refractivity contribution in [2.45, 2.75) is 6.92 Å². The van der Waals surface area contributed by atoms with Gasteiger partial charge in [0.1, 0.15) is 5.69 Å². The van der Waals surface area contributed by atoms with Crippen molar-refractivity contribution >= 4 is 22.3 Å². The molecule has 6 heteroatoms. The lowest BCUT2D eigenvalue weighted by Gasteiger charge is -2.13. The monoisotopic (exact) mass is 202 g/mol. The van der Waals surface area contributed by atoms with E-state index in [0.717, 1.165) is 5.23 Å². The van der Waals surface area contributed by atoms with Crippen LogP contribution in [0, 0.1) is 0 Å². The van der Waals surface area contributed by atoms with Gasteiger partial charge in [-0.05, 0) is 0 Å². The van der Waals surface area contributed by atoms with Gasteiger partial charge in [-0.2, -0.15) is 0 Å². The third kappa shape index (κ3) is 2.24. The van der Waals surface area contributed by atoms with Gasteiger partial charge in [0.2, 0.25) is 5.13 Å². The van der Waals surface area contributed by atoms with E-state index in [1.54, 1.807) is 5.38 Å². The van der Waals surface area contributed by atoms with Crippen LogP contribution in [0.3, 0.4) is 0 Å². The van der Waals surface area contributed by atoms with Crippen molar-refractivity contribution in [3.8, 4) is 0 Å². The highest BCUT2D eigenvalue weighted by Crippen LogP contribution is 2.20. The summed E-state index contributed by atoms with van der Waals surface area (Å²) in [7, 11) is 2.91. The number of thiazole rings is 1. The number of aromatic nitrogens is 1.